The maximum Gasteiger partial charge on any atom is 0.126 e. The lowest BCUT2D eigenvalue weighted by Crippen LogP contribution is -2.42. The molecule has 82 valence electrons. The highest BCUT2D eigenvalue weighted by atomic mass is 19.1. The van der Waals surface area contributed by atoms with Crippen LogP contribution in [0.25, 0.3) is 0 Å². The van der Waals surface area contributed by atoms with E-state index in [2.05, 4.69) is 5.32 Å². The standard InChI is InChI=1S/C12H17FN2/c1-8-4-5-9(7-10(8)13)12-11(14)3-2-6-15-12/h4-5,7,11-12,15H,2-3,6,14H2,1H3. The number of piperidine rings is 1. The van der Waals surface area contributed by atoms with Crippen LogP contribution >= 0.6 is 0 Å². The van der Waals surface area contributed by atoms with Crippen molar-refractivity contribution in [2.75, 3.05) is 6.54 Å². The molecule has 1 aliphatic rings. The molecule has 3 N–H and O–H groups in total. The highest BCUT2D eigenvalue weighted by Gasteiger charge is 2.23. The maximum atomic E-state index is 13.4. The molecule has 0 spiro atoms. The van der Waals surface area contributed by atoms with Crippen LogP contribution in [0.1, 0.15) is 30.0 Å². The van der Waals surface area contributed by atoms with Gasteiger partial charge in [0, 0.05) is 12.1 Å². The van der Waals surface area contributed by atoms with E-state index in [0.29, 0.717) is 5.56 Å². The summed E-state index contributed by atoms with van der Waals surface area (Å²) in [6.45, 7) is 2.74. The molecule has 0 aromatic heterocycles. The molecule has 0 amide bonds. The number of hydrogen-bond donors (Lipinski definition) is 2. The fraction of sp³-hybridized carbons (Fsp3) is 0.500. The highest BCUT2D eigenvalue weighted by Crippen LogP contribution is 2.23. The van der Waals surface area contributed by atoms with Gasteiger partial charge in [-0.05, 0) is 43.5 Å². The molecular weight excluding hydrogens is 191 g/mol. The number of nitrogens with one attached hydrogen (secondary N) is 1. The molecular formula is C12H17FN2. The molecule has 3 heteroatoms. The molecule has 1 saturated heterocycles. The van der Waals surface area contributed by atoms with Gasteiger partial charge in [0.1, 0.15) is 5.82 Å². The first-order chi connectivity index (χ1) is 7.18. The van der Waals surface area contributed by atoms with Gasteiger partial charge in [-0.2, -0.15) is 0 Å². The lowest BCUT2D eigenvalue weighted by atomic mass is 9.92. The molecule has 0 saturated carbocycles. The predicted octanol–water partition coefficient (Wildman–Crippen LogP) is 1.89. The van der Waals surface area contributed by atoms with Crippen molar-refractivity contribution in [3.05, 3.63) is 35.1 Å². The first-order valence-corrected chi connectivity index (χ1v) is 5.43. The Morgan fingerprint density at radius 1 is 1.47 bits per heavy atom. The third kappa shape index (κ3) is 2.19. The Morgan fingerprint density at radius 3 is 2.93 bits per heavy atom. The van der Waals surface area contributed by atoms with Crippen molar-refractivity contribution in [1.82, 2.24) is 5.32 Å². The van der Waals surface area contributed by atoms with Crippen LogP contribution < -0.4 is 11.1 Å². The second-order valence-electron chi connectivity index (χ2n) is 4.25. The zero-order chi connectivity index (χ0) is 10.8. The third-order valence-corrected chi connectivity index (χ3v) is 3.06. The summed E-state index contributed by atoms with van der Waals surface area (Å²) in [4.78, 5) is 0. The van der Waals surface area contributed by atoms with Gasteiger partial charge in [-0.15, -0.1) is 0 Å². The number of nitrogens with two attached hydrogens (primary N) is 1. The smallest absolute Gasteiger partial charge is 0.126 e. The van der Waals surface area contributed by atoms with Crippen LogP contribution in [0.3, 0.4) is 0 Å². The Bertz CT molecular complexity index is 351. The van der Waals surface area contributed by atoms with Crippen LogP contribution in [0.5, 0.6) is 0 Å². The Labute approximate surface area is 89.7 Å². The van der Waals surface area contributed by atoms with Crippen molar-refractivity contribution in [3.63, 3.8) is 0 Å². The summed E-state index contributed by atoms with van der Waals surface area (Å²) in [6, 6.07) is 5.57. The zero-order valence-corrected chi connectivity index (χ0v) is 8.96. The summed E-state index contributed by atoms with van der Waals surface area (Å²) in [6.07, 6.45) is 2.11. The normalized spacial score (nSPS) is 26.6. The third-order valence-electron chi connectivity index (χ3n) is 3.06. The fourth-order valence-electron chi connectivity index (χ4n) is 2.08. The summed E-state index contributed by atoms with van der Waals surface area (Å²) in [7, 11) is 0. The molecule has 1 fully saturated rings. The lowest BCUT2D eigenvalue weighted by Gasteiger charge is -2.30. The van der Waals surface area contributed by atoms with Crippen LogP contribution in [-0.2, 0) is 0 Å². The maximum absolute atomic E-state index is 13.4. The van der Waals surface area contributed by atoms with Gasteiger partial charge in [0.15, 0.2) is 0 Å². The second-order valence-corrected chi connectivity index (χ2v) is 4.25. The number of aryl methyl sites for hydroxylation is 1. The summed E-state index contributed by atoms with van der Waals surface area (Å²) in [5.41, 5.74) is 7.66. The quantitative estimate of drug-likeness (QED) is 0.739. The van der Waals surface area contributed by atoms with E-state index in [9.17, 15) is 4.39 Å². The van der Waals surface area contributed by atoms with Gasteiger partial charge in [0.25, 0.3) is 0 Å². The first kappa shape index (κ1) is 10.6. The average molecular weight is 208 g/mol. The number of hydrogen-bond acceptors (Lipinski definition) is 2. The zero-order valence-electron chi connectivity index (χ0n) is 8.96. The van der Waals surface area contributed by atoms with Crippen LogP contribution in [0.4, 0.5) is 4.39 Å². The van der Waals surface area contributed by atoms with Crippen molar-refractivity contribution in [3.8, 4) is 0 Å². The summed E-state index contributed by atoms with van der Waals surface area (Å²) in [5, 5.41) is 3.34. The van der Waals surface area contributed by atoms with Crippen molar-refractivity contribution >= 4 is 0 Å². The molecule has 2 atom stereocenters. The van der Waals surface area contributed by atoms with Crippen molar-refractivity contribution in [2.45, 2.75) is 31.8 Å². The molecule has 1 aromatic rings. The molecule has 1 aromatic carbocycles. The van der Waals surface area contributed by atoms with E-state index >= 15 is 0 Å². The van der Waals surface area contributed by atoms with E-state index in [4.69, 9.17) is 5.73 Å². The van der Waals surface area contributed by atoms with Crippen molar-refractivity contribution in [2.24, 2.45) is 5.73 Å². The van der Waals surface area contributed by atoms with Gasteiger partial charge >= 0.3 is 0 Å². The Hall–Kier alpha value is -0.930. The molecule has 1 heterocycles. The molecule has 2 nitrogen and oxygen atoms in total. The SMILES string of the molecule is Cc1ccc(C2NCCCC2N)cc1F. The van der Waals surface area contributed by atoms with Gasteiger partial charge in [0.05, 0.1) is 0 Å². The van der Waals surface area contributed by atoms with Crippen molar-refractivity contribution in [1.29, 1.82) is 0 Å². The average Bonchev–Trinajstić information content (AvgIpc) is 2.23. The minimum Gasteiger partial charge on any atom is -0.326 e. The first-order valence-electron chi connectivity index (χ1n) is 5.43. The molecule has 0 aliphatic carbocycles. The van der Waals surface area contributed by atoms with E-state index in [-0.39, 0.29) is 17.9 Å². The van der Waals surface area contributed by atoms with Gasteiger partial charge < -0.3 is 11.1 Å². The van der Waals surface area contributed by atoms with Gasteiger partial charge in [0.2, 0.25) is 0 Å². The summed E-state index contributed by atoms with van der Waals surface area (Å²) >= 11 is 0. The number of benzene rings is 1. The number of halogens is 1. The summed E-state index contributed by atoms with van der Waals surface area (Å²) < 4.78 is 13.4. The van der Waals surface area contributed by atoms with E-state index in [0.717, 1.165) is 24.9 Å². The fourth-order valence-corrected chi connectivity index (χ4v) is 2.08. The topological polar surface area (TPSA) is 38.0 Å². The Morgan fingerprint density at radius 2 is 2.27 bits per heavy atom. The summed E-state index contributed by atoms with van der Waals surface area (Å²) in [5.74, 6) is -0.146. The number of rotatable bonds is 1. The lowest BCUT2D eigenvalue weighted by molar-refractivity contribution is 0.357. The molecule has 15 heavy (non-hydrogen) atoms. The Kier molecular flexibility index (Phi) is 3.03. The van der Waals surface area contributed by atoms with Crippen LogP contribution in [0.15, 0.2) is 18.2 Å². The van der Waals surface area contributed by atoms with E-state index in [1.54, 1.807) is 13.0 Å². The van der Waals surface area contributed by atoms with Crippen LogP contribution in [0, 0.1) is 12.7 Å². The second kappa shape index (κ2) is 4.29. The molecule has 1 aliphatic heterocycles. The van der Waals surface area contributed by atoms with Crippen LogP contribution in [-0.4, -0.2) is 12.6 Å². The van der Waals surface area contributed by atoms with Gasteiger partial charge in [-0.25, -0.2) is 4.39 Å². The monoisotopic (exact) mass is 208 g/mol. The largest absolute Gasteiger partial charge is 0.326 e. The van der Waals surface area contributed by atoms with Crippen LogP contribution in [0.2, 0.25) is 0 Å². The van der Waals surface area contributed by atoms with Crippen molar-refractivity contribution < 1.29 is 4.39 Å². The highest BCUT2D eigenvalue weighted by molar-refractivity contribution is 5.27. The van der Waals surface area contributed by atoms with E-state index in [1.807, 2.05) is 12.1 Å². The minimum absolute atomic E-state index is 0.0980. The van der Waals surface area contributed by atoms with E-state index in [1.165, 1.54) is 0 Å². The minimum atomic E-state index is -0.146. The molecule has 0 radical (unpaired) electrons. The van der Waals surface area contributed by atoms with E-state index < -0.39 is 0 Å². The van der Waals surface area contributed by atoms with Gasteiger partial charge in [-0.1, -0.05) is 12.1 Å². The molecule has 2 rings (SSSR count). The molecule has 2 unspecified atom stereocenters. The Balaban J connectivity index is 2.24. The van der Waals surface area contributed by atoms with Gasteiger partial charge in [-0.3, -0.25) is 0 Å². The predicted molar refractivity (Wildman–Crippen MR) is 59.1 cm³/mol. The molecule has 0 bridgehead atoms.